The van der Waals surface area contributed by atoms with Crippen LogP contribution in [-0.2, 0) is 6.54 Å². The molecule has 3 aromatic carbocycles. The van der Waals surface area contributed by atoms with Gasteiger partial charge in [-0.05, 0) is 92.2 Å². The van der Waals surface area contributed by atoms with Gasteiger partial charge in [-0.15, -0.1) is 0 Å². The summed E-state index contributed by atoms with van der Waals surface area (Å²) in [7, 11) is 0. The van der Waals surface area contributed by atoms with Crippen LogP contribution in [0.2, 0.25) is 0 Å². The highest BCUT2D eigenvalue weighted by Gasteiger charge is 2.47. The molecule has 7 heteroatoms. The number of rotatable bonds is 6. The molecule has 246 valence electrons. The number of fused-ring (bicyclic) bond motifs is 5. The molecule has 0 radical (unpaired) electrons. The number of carboxylic acid groups (broad SMARTS) is 1. The van der Waals surface area contributed by atoms with Crippen LogP contribution >= 0.6 is 0 Å². The number of amides is 1. The van der Waals surface area contributed by atoms with E-state index < -0.39 is 5.97 Å². The van der Waals surface area contributed by atoms with Gasteiger partial charge < -0.3 is 19.5 Å². The number of hydrogen-bond donors (Lipinski definition) is 1. The summed E-state index contributed by atoms with van der Waals surface area (Å²) in [6.45, 7) is 12.4. The van der Waals surface area contributed by atoms with Crippen molar-refractivity contribution in [2.75, 3.05) is 32.7 Å². The molecule has 1 atom stereocenters. The Morgan fingerprint density at radius 2 is 1.54 bits per heavy atom. The van der Waals surface area contributed by atoms with Crippen molar-refractivity contribution in [3.63, 3.8) is 0 Å². The van der Waals surface area contributed by atoms with E-state index in [2.05, 4.69) is 66.7 Å². The standard InChI is InChI=1S/C41H44N4O3/c1-39(2)32(28-12-14-29(15-13-28)38(47)48)16-18-40(3)26-44(22-17-35(39)40)37(46)31-9-5-4-8-30(31)36-42-33-10-6-7-11-34(33)45(36)27-41-19-23-43(24-20-41)25-21-41/h4-17H,18-27H2,1-3H3,(H,47,48)/t40-/m1/s1. The molecule has 5 aliphatic rings. The normalized spacial score (nSPS) is 26.1. The molecule has 1 N–H and O–H groups in total. The second-order valence-electron chi connectivity index (χ2n) is 15.3. The van der Waals surface area contributed by atoms with Crippen LogP contribution in [0.5, 0.6) is 0 Å². The maximum atomic E-state index is 14.6. The number of hydrogen-bond acceptors (Lipinski definition) is 4. The smallest absolute Gasteiger partial charge is 0.335 e. The molecule has 3 fully saturated rings. The van der Waals surface area contributed by atoms with Gasteiger partial charge >= 0.3 is 5.97 Å². The molecule has 1 aliphatic carbocycles. The van der Waals surface area contributed by atoms with Crippen molar-refractivity contribution in [3.8, 4) is 11.4 Å². The number of para-hydroxylation sites is 2. The number of imidazole rings is 1. The molecule has 1 aromatic heterocycles. The predicted octanol–water partition coefficient (Wildman–Crippen LogP) is 7.79. The van der Waals surface area contributed by atoms with Gasteiger partial charge in [-0.2, -0.15) is 0 Å². The number of piperidine rings is 3. The van der Waals surface area contributed by atoms with Crippen LogP contribution in [-0.4, -0.2) is 69.1 Å². The molecule has 2 bridgehead atoms. The van der Waals surface area contributed by atoms with Gasteiger partial charge in [-0.25, -0.2) is 9.78 Å². The Morgan fingerprint density at radius 1 is 0.854 bits per heavy atom. The topological polar surface area (TPSA) is 78.7 Å². The number of aromatic nitrogens is 2. The van der Waals surface area contributed by atoms with Gasteiger partial charge in [0.05, 0.1) is 22.2 Å². The Morgan fingerprint density at radius 3 is 2.27 bits per heavy atom. The van der Waals surface area contributed by atoms with E-state index in [1.807, 2.05) is 41.3 Å². The molecule has 0 spiro atoms. The lowest BCUT2D eigenvalue weighted by Gasteiger charge is -2.50. The molecule has 5 heterocycles. The number of allylic oxidation sites excluding steroid dienone is 2. The summed E-state index contributed by atoms with van der Waals surface area (Å²) in [5.41, 5.74) is 7.40. The van der Waals surface area contributed by atoms with E-state index in [0.29, 0.717) is 24.2 Å². The van der Waals surface area contributed by atoms with Crippen molar-refractivity contribution in [1.29, 1.82) is 0 Å². The molecular weight excluding hydrogens is 596 g/mol. The summed E-state index contributed by atoms with van der Waals surface area (Å²) in [6, 6.07) is 23.7. The Kier molecular flexibility index (Phi) is 7.26. The second kappa shape index (κ2) is 11.3. The fraction of sp³-hybridized carbons (Fsp3) is 0.390. The van der Waals surface area contributed by atoms with Crippen LogP contribution < -0.4 is 0 Å². The maximum absolute atomic E-state index is 14.6. The average molecular weight is 641 g/mol. The third-order valence-electron chi connectivity index (χ3n) is 12.0. The minimum Gasteiger partial charge on any atom is -0.478 e. The first-order valence-electron chi connectivity index (χ1n) is 17.4. The zero-order valence-corrected chi connectivity index (χ0v) is 28.2. The quantitative estimate of drug-likeness (QED) is 0.218. The predicted molar refractivity (Wildman–Crippen MR) is 190 cm³/mol. The van der Waals surface area contributed by atoms with Gasteiger partial charge in [0.15, 0.2) is 0 Å². The summed E-state index contributed by atoms with van der Waals surface area (Å²) >= 11 is 0. The Hall–Kier alpha value is -4.49. The molecular formula is C41H44N4O3. The van der Waals surface area contributed by atoms with Crippen LogP contribution in [0.1, 0.15) is 72.7 Å². The SMILES string of the molecule is CC1(C)C(c2ccc(C(=O)O)cc2)=CC[C@]2(C)CN(C(=O)c3ccccc3-c3nc4ccccc4n3CC34CCN(CC3)CC4)CC=C12. The van der Waals surface area contributed by atoms with E-state index in [-0.39, 0.29) is 22.2 Å². The van der Waals surface area contributed by atoms with Crippen molar-refractivity contribution >= 4 is 28.5 Å². The first kappa shape index (κ1) is 30.8. The Bertz CT molecular complexity index is 1980. The molecule has 48 heavy (non-hydrogen) atoms. The van der Waals surface area contributed by atoms with Crippen LogP contribution in [0.25, 0.3) is 28.0 Å². The van der Waals surface area contributed by atoms with Crippen LogP contribution in [0.15, 0.2) is 90.5 Å². The first-order chi connectivity index (χ1) is 23.1. The number of carbonyl (C=O) groups is 2. The lowest BCUT2D eigenvalue weighted by atomic mass is 9.58. The van der Waals surface area contributed by atoms with Crippen molar-refractivity contribution < 1.29 is 14.7 Å². The van der Waals surface area contributed by atoms with Gasteiger partial charge in [0.2, 0.25) is 0 Å². The van der Waals surface area contributed by atoms with E-state index in [0.717, 1.165) is 41.0 Å². The molecule has 4 aliphatic heterocycles. The van der Waals surface area contributed by atoms with Gasteiger partial charge in [0.25, 0.3) is 5.91 Å². The second-order valence-corrected chi connectivity index (χ2v) is 15.3. The van der Waals surface area contributed by atoms with E-state index in [4.69, 9.17) is 4.98 Å². The van der Waals surface area contributed by atoms with Crippen LogP contribution in [0.3, 0.4) is 0 Å². The van der Waals surface area contributed by atoms with Gasteiger partial charge in [0, 0.05) is 36.0 Å². The highest BCUT2D eigenvalue weighted by Crippen LogP contribution is 2.55. The molecule has 1 amide bonds. The van der Waals surface area contributed by atoms with Gasteiger partial charge in [0.1, 0.15) is 5.82 Å². The van der Waals surface area contributed by atoms with Crippen LogP contribution in [0, 0.1) is 16.2 Å². The number of benzene rings is 3. The number of carboxylic acids is 1. The summed E-state index contributed by atoms with van der Waals surface area (Å²) in [5.74, 6) is 0.0165. The molecule has 0 unspecified atom stereocenters. The van der Waals surface area contributed by atoms with Crippen molar-refractivity contribution in [2.45, 2.75) is 53.0 Å². The largest absolute Gasteiger partial charge is 0.478 e. The van der Waals surface area contributed by atoms with Crippen molar-refractivity contribution in [1.82, 2.24) is 19.4 Å². The van der Waals surface area contributed by atoms with Gasteiger partial charge in [-0.1, -0.05) is 81.0 Å². The summed E-state index contributed by atoms with van der Waals surface area (Å²) in [6.07, 6.45) is 9.00. The molecule has 7 nitrogen and oxygen atoms in total. The van der Waals surface area contributed by atoms with E-state index in [9.17, 15) is 14.7 Å². The minimum absolute atomic E-state index is 0.0433. The number of carbonyl (C=O) groups excluding carboxylic acids is 1. The molecule has 4 aromatic rings. The molecule has 3 saturated heterocycles. The van der Waals surface area contributed by atoms with E-state index >= 15 is 0 Å². The third-order valence-corrected chi connectivity index (χ3v) is 12.0. The first-order valence-corrected chi connectivity index (χ1v) is 17.4. The molecule has 9 rings (SSSR count). The fourth-order valence-corrected chi connectivity index (χ4v) is 9.30. The highest BCUT2D eigenvalue weighted by molar-refractivity contribution is 6.01. The zero-order valence-electron chi connectivity index (χ0n) is 28.2. The van der Waals surface area contributed by atoms with E-state index in [1.165, 1.54) is 50.0 Å². The minimum atomic E-state index is -0.918. The summed E-state index contributed by atoms with van der Waals surface area (Å²) in [4.78, 5) is 35.8. The van der Waals surface area contributed by atoms with Crippen molar-refractivity contribution in [2.24, 2.45) is 16.2 Å². The zero-order chi connectivity index (χ0) is 33.3. The lowest BCUT2D eigenvalue weighted by Crippen LogP contribution is -2.49. The fourth-order valence-electron chi connectivity index (χ4n) is 9.30. The van der Waals surface area contributed by atoms with Crippen molar-refractivity contribution in [3.05, 3.63) is 107 Å². The Balaban J connectivity index is 1.11. The highest BCUT2D eigenvalue weighted by atomic mass is 16.4. The third kappa shape index (κ3) is 5.02. The Labute approximate surface area is 282 Å². The average Bonchev–Trinajstić information content (AvgIpc) is 3.45. The molecule has 0 saturated carbocycles. The van der Waals surface area contributed by atoms with E-state index in [1.54, 1.807) is 12.1 Å². The summed E-state index contributed by atoms with van der Waals surface area (Å²) < 4.78 is 2.41. The summed E-state index contributed by atoms with van der Waals surface area (Å²) in [5, 5.41) is 9.38. The van der Waals surface area contributed by atoms with Gasteiger partial charge in [-0.3, -0.25) is 4.79 Å². The lowest BCUT2D eigenvalue weighted by molar-refractivity contribution is 0.0145. The number of nitrogens with zero attached hydrogens (tertiary/aromatic N) is 4. The number of aromatic carboxylic acids is 1. The van der Waals surface area contributed by atoms with Crippen LogP contribution in [0.4, 0.5) is 0 Å². The monoisotopic (exact) mass is 640 g/mol. The maximum Gasteiger partial charge on any atom is 0.335 e.